The van der Waals surface area contributed by atoms with Gasteiger partial charge in [-0.15, -0.1) is 0 Å². The number of amides is 1. The largest absolute Gasteiger partial charge is 0.496 e. The molecule has 0 saturated carbocycles. The van der Waals surface area contributed by atoms with Gasteiger partial charge in [0.2, 0.25) is 0 Å². The van der Waals surface area contributed by atoms with Gasteiger partial charge in [-0.05, 0) is 30.7 Å². The summed E-state index contributed by atoms with van der Waals surface area (Å²) in [6, 6.07) is 13.1. The molecule has 1 heterocycles. The van der Waals surface area contributed by atoms with Crippen molar-refractivity contribution in [3.63, 3.8) is 0 Å². The van der Waals surface area contributed by atoms with E-state index in [1.807, 2.05) is 49.4 Å². The van der Waals surface area contributed by atoms with E-state index in [-0.39, 0.29) is 11.6 Å². The van der Waals surface area contributed by atoms with E-state index in [1.165, 1.54) is 12.4 Å². The number of carbonyl (C=O) groups is 1. The lowest BCUT2D eigenvalue weighted by atomic mass is 10.2. The van der Waals surface area contributed by atoms with Crippen LogP contribution in [0.4, 0.5) is 11.5 Å². The van der Waals surface area contributed by atoms with Crippen LogP contribution in [0.1, 0.15) is 21.6 Å². The van der Waals surface area contributed by atoms with E-state index in [9.17, 15) is 4.79 Å². The minimum absolute atomic E-state index is 0.235. The molecule has 0 bridgehead atoms. The summed E-state index contributed by atoms with van der Waals surface area (Å²) < 4.78 is 5.28. The fourth-order valence-electron chi connectivity index (χ4n) is 2.51. The Morgan fingerprint density at radius 3 is 2.67 bits per heavy atom. The lowest BCUT2D eigenvalue weighted by Crippen LogP contribution is -2.24. The standard InChI is InChI=1S/C20H19ClN4O2/c1-13-15(21)7-5-8-16(13)25-19-12-22-17(11-23-19)20(26)24-10-14-6-3-4-9-18(14)27-2/h3-9,11-12H,10H2,1-2H3,(H,23,25)(H,24,26). The molecular weight excluding hydrogens is 364 g/mol. The van der Waals surface area contributed by atoms with Crippen LogP contribution in [0.3, 0.4) is 0 Å². The smallest absolute Gasteiger partial charge is 0.271 e. The molecule has 3 aromatic rings. The molecule has 0 aliphatic carbocycles. The zero-order valence-corrected chi connectivity index (χ0v) is 15.7. The maximum absolute atomic E-state index is 12.3. The van der Waals surface area contributed by atoms with Crippen LogP contribution in [0.2, 0.25) is 5.02 Å². The molecule has 0 radical (unpaired) electrons. The van der Waals surface area contributed by atoms with Crippen molar-refractivity contribution in [2.24, 2.45) is 0 Å². The van der Waals surface area contributed by atoms with Crippen LogP contribution in [0.5, 0.6) is 5.75 Å². The molecule has 0 spiro atoms. The summed E-state index contributed by atoms with van der Waals surface area (Å²) in [5.41, 5.74) is 2.87. The predicted octanol–water partition coefficient (Wildman–Crippen LogP) is 4.12. The Kier molecular flexibility index (Phi) is 5.88. The van der Waals surface area contributed by atoms with Gasteiger partial charge in [-0.25, -0.2) is 9.97 Å². The van der Waals surface area contributed by atoms with E-state index >= 15 is 0 Å². The number of hydrogen-bond acceptors (Lipinski definition) is 5. The maximum atomic E-state index is 12.3. The average molecular weight is 383 g/mol. The second-order valence-electron chi connectivity index (χ2n) is 5.82. The maximum Gasteiger partial charge on any atom is 0.271 e. The van der Waals surface area contributed by atoms with Crippen LogP contribution < -0.4 is 15.4 Å². The Morgan fingerprint density at radius 2 is 1.93 bits per heavy atom. The molecule has 27 heavy (non-hydrogen) atoms. The van der Waals surface area contributed by atoms with Crippen molar-refractivity contribution in [3.8, 4) is 5.75 Å². The van der Waals surface area contributed by atoms with Crippen LogP contribution in [-0.2, 0) is 6.54 Å². The number of ether oxygens (including phenoxy) is 1. The number of halogens is 1. The number of hydrogen-bond donors (Lipinski definition) is 2. The van der Waals surface area contributed by atoms with Gasteiger partial charge in [-0.3, -0.25) is 4.79 Å². The van der Waals surface area contributed by atoms with Crippen molar-refractivity contribution in [3.05, 3.63) is 76.7 Å². The topological polar surface area (TPSA) is 76.1 Å². The van der Waals surface area contributed by atoms with E-state index in [4.69, 9.17) is 16.3 Å². The fourth-order valence-corrected chi connectivity index (χ4v) is 2.68. The minimum atomic E-state index is -0.307. The highest BCUT2D eigenvalue weighted by Crippen LogP contribution is 2.25. The third-order valence-electron chi connectivity index (χ3n) is 4.05. The van der Waals surface area contributed by atoms with Gasteiger partial charge in [0, 0.05) is 22.8 Å². The van der Waals surface area contributed by atoms with Gasteiger partial charge in [-0.1, -0.05) is 35.9 Å². The molecular formula is C20H19ClN4O2. The van der Waals surface area contributed by atoms with E-state index in [0.29, 0.717) is 17.4 Å². The number of para-hydroxylation sites is 1. The second-order valence-corrected chi connectivity index (χ2v) is 6.23. The predicted molar refractivity (Wildman–Crippen MR) is 106 cm³/mol. The van der Waals surface area contributed by atoms with Crippen LogP contribution in [0.15, 0.2) is 54.9 Å². The highest BCUT2D eigenvalue weighted by molar-refractivity contribution is 6.31. The molecule has 2 aromatic carbocycles. The second kappa shape index (κ2) is 8.51. The van der Waals surface area contributed by atoms with Crippen molar-refractivity contribution in [2.75, 3.05) is 12.4 Å². The third-order valence-corrected chi connectivity index (χ3v) is 4.46. The van der Waals surface area contributed by atoms with Crippen molar-refractivity contribution >= 4 is 29.0 Å². The Hall–Kier alpha value is -3.12. The van der Waals surface area contributed by atoms with Gasteiger partial charge in [0.15, 0.2) is 0 Å². The summed E-state index contributed by atoms with van der Waals surface area (Å²) in [6.07, 6.45) is 2.94. The van der Waals surface area contributed by atoms with E-state index in [0.717, 1.165) is 22.6 Å². The number of carbonyl (C=O) groups excluding carboxylic acids is 1. The van der Waals surface area contributed by atoms with Crippen LogP contribution in [0, 0.1) is 6.92 Å². The normalized spacial score (nSPS) is 10.3. The van der Waals surface area contributed by atoms with Crippen LogP contribution in [0.25, 0.3) is 0 Å². The Balaban J connectivity index is 1.64. The number of methoxy groups -OCH3 is 1. The molecule has 1 amide bonds. The molecule has 138 valence electrons. The monoisotopic (exact) mass is 382 g/mol. The van der Waals surface area contributed by atoms with E-state index in [2.05, 4.69) is 20.6 Å². The zero-order valence-electron chi connectivity index (χ0n) is 15.0. The summed E-state index contributed by atoms with van der Waals surface area (Å²) in [7, 11) is 1.60. The van der Waals surface area contributed by atoms with Crippen LogP contribution in [-0.4, -0.2) is 23.0 Å². The summed E-state index contributed by atoms with van der Waals surface area (Å²) in [4.78, 5) is 20.7. The van der Waals surface area contributed by atoms with E-state index < -0.39 is 0 Å². The van der Waals surface area contributed by atoms with Crippen molar-refractivity contribution in [1.29, 1.82) is 0 Å². The first kappa shape index (κ1) is 18.7. The van der Waals surface area contributed by atoms with Gasteiger partial charge < -0.3 is 15.4 Å². The fraction of sp³-hybridized carbons (Fsp3) is 0.150. The van der Waals surface area contributed by atoms with Crippen molar-refractivity contribution in [1.82, 2.24) is 15.3 Å². The molecule has 0 aliphatic rings. The molecule has 6 nitrogen and oxygen atoms in total. The molecule has 0 fully saturated rings. The number of aromatic nitrogens is 2. The van der Waals surface area contributed by atoms with Crippen molar-refractivity contribution < 1.29 is 9.53 Å². The average Bonchev–Trinajstić information content (AvgIpc) is 2.70. The summed E-state index contributed by atoms with van der Waals surface area (Å²) >= 11 is 6.12. The zero-order chi connectivity index (χ0) is 19.2. The first-order valence-corrected chi connectivity index (χ1v) is 8.70. The van der Waals surface area contributed by atoms with Gasteiger partial charge in [0.1, 0.15) is 17.3 Å². The minimum Gasteiger partial charge on any atom is -0.496 e. The molecule has 0 aliphatic heterocycles. The molecule has 0 atom stereocenters. The van der Waals surface area contributed by atoms with E-state index in [1.54, 1.807) is 7.11 Å². The molecule has 2 N–H and O–H groups in total. The molecule has 7 heteroatoms. The van der Waals surface area contributed by atoms with Gasteiger partial charge in [0.25, 0.3) is 5.91 Å². The van der Waals surface area contributed by atoms with Gasteiger partial charge >= 0.3 is 0 Å². The number of anilines is 2. The third kappa shape index (κ3) is 4.54. The SMILES string of the molecule is COc1ccccc1CNC(=O)c1cnc(Nc2cccc(Cl)c2C)cn1. The first-order chi connectivity index (χ1) is 13.1. The summed E-state index contributed by atoms with van der Waals surface area (Å²) in [5, 5.41) is 6.63. The Bertz CT molecular complexity index is 945. The molecule has 1 aromatic heterocycles. The highest BCUT2D eigenvalue weighted by Gasteiger charge is 2.10. The summed E-state index contributed by atoms with van der Waals surface area (Å²) in [6.45, 7) is 2.25. The van der Waals surface area contributed by atoms with Crippen molar-refractivity contribution in [2.45, 2.75) is 13.5 Å². The number of nitrogens with one attached hydrogen (secondary N) is 2. The highest BCUT2D eigenvalue weighted by atomic mass is 35.5. The molecule has 0 unspecified atom stereocenters. The number of nitrogens with zero attached hydrogens (tertiary/aromatic N) is 2. The lowest BCUT2D eigenvalue weighted by Gasteiger charge is -2.11. The Labute approximate surface area is 162 Å². The lowest BCUT2D eigenvalue weighted by molar-refractivity contribution is 0.0945. The van der Waals surface area contributed by atoms with Crippen LogP contribution >= 0.6 is 11.6 Å². The number of rotatable bonds is 6. The molecule has 0 saturated heterocycles. The van der Waals surface area contributed by atoms with Gasteiger partial charge in [0.05, 0.1) is 19.5 Å². The molecule has 3 rings (SSSR count). The summed E-state index contributed by atoms with van der Waals surface area (Å²) in [5.74, 6) is 0.945. The number of benzene rings is 2. The van der Waals surface area contributed by atoms with Gasteiger partial charge in [-0.2, -0.15) is 0 Å². The quantitative estimate of drug-likeness (QED) is 0.670. The Morgan fingerprint density at radius 1 is 1.11 bits per heavy atom. The first-order valence-electron chi connectivity index (χ1n) is 8.32.